The predicted octanol–water partition coefficient (Wildman–Crippen LogP) is 5.34. The first-order valence-electron chi connectivity index (χ1n) is 22.2. The summed E-state index contributed by atoms with van der Waals surface area (Å²) in [4.78, 5) is 18.9. The fourth-order valence-corrected chi connectivity index (χ4v) is 8.47. The van der Waals surface area contributed by atoms with Gasteiger partial charge in [0.1, 0.15) is 0 Å². The number of hydrogen-bond acceptors (Lipinski definition) is 12. The standard InChI is InChI=1S/C50H44B4N4O8/c1-5-37-21-41(9-1)51-59-29-49(30-60-51)31-61-52(62-32-49)42-10-2-7-39(22-42)27-57-47-17-19-48(20-18-47)58-28-40-8-4-12-44(24-40)54-65-35-50(36-66-54)33-63-53(64-34-50)43-11-3-6-38(23-43)26-56-46-15-13-45(14-16-46)55-25-37/h1-28H,29-36H2. The number of hydrogen-bond donors (Lipinski definition) is 0. The fraction of sp³-hybridized carbons (Fsp3) is 0.200. The van der Waals surface area contributed by atoms with Gasteiger partial charge in [-0.15, -0.1) is 0 Å². The van der Waals surface area contributed by atoms with Crippen molar-refractivity contribution in [3.63, 3.8) is 0 Å². The Kier molecular flexibility index (Phi) is 12.3. The SMILES string of the molecule is C1=Nc2ccc(cc2)N=Cc2cccc(c2)B2OCC3(CO2)COB(OC3)c2cccc(c2)C=Nc2ccc(cc2)N=Cc2cccc(c2)B2OCC3(COB(OC3)c3cccc1c3)CO2. The van der Waals surface area contributed by atoms with Crippen LogP contribution in [0.2, 0.25) is 0 Å². The van der Waals surface area contributed by atoms with Gasteiger partial charge in [0.2, 0.25) is 0 Å². The summed E-state index contributed by atoms with van der Waals surface area (Å²) in [5, 5.41) is 0. The highest BCUT2D eigenvalue weighted by Crippen LogP contribution is 2.30. The van der Waals surface area contributed by atoms with Crippen LogP contribution in [-0.4, -0.2) is 106 Å². The van der Waals surface area contributed by atoms with Crippen molar-refractivity contribution in [2.24, 2.45) is 30.8 Å². The molecule has 6 aromatic rings. The van der Waals surface area contributed by atoms with Crippen molar-refractivity contribution >= 4 is 97.9 Å². The minimum atomic E-state index is -0.503. The molecule has 66 heavy (non-hydrogen) atoms. The quantitative estimate of drug-likeness (QED) is 0.188. The normalized spacial score (nSPS) is 21.9. The van der Waals surface area contributed by atoms with E-state index in [1.54, 1.807) is 0 Å². The molecular formula is C50H44B4N4O8. The molecule has 0 unspecified atom stereocenters. The summed E-state index contributed by atoms with van der Waals surface area (Å²) in [6, 6.07) is 47.8. The van der Waals surface area contributed by atoms with E-state index in [0.717, 1.165) is 66.9 Å². The Morgan fingerprint density at radius 2 is 0.500 bits per heavy atom. The summed E-state index contributed by atoms with van der Waals surface area (Å²) in [6.07, 6.45) is 7.37. The van der Waals surface area contributed by atoms with Gasteiger partial charge in [-0.25, -0.2) is 0 Å². The van der Waals surface area contributed by atoms with Crippen LogP contribution < -0.4 is 21.9 Å². The second kappa shape index (κ2) is 19.0. The fourth-order valence-electron chi connectivity index (χ4n) is 8.47. The van der Waals surface area contributed by atoms with Crippen molar-refractivity contribution < 1.29 is 37.2 Å². The van der Waals surface area contributed by atoms with Crippen LogP contribution in [0.3, 0.4) is 0 Å². The Morgan fingerprint density at radius 3 is 0.712 bits per heavy atom. The largest absolute Gasteiger partial charge is 0.493 e. The molecule has 4 saturated heterocycles. The van der Waals surface area contributed by atoms with E-state index in [-0.39, 0.29) is 0 Å². The van der Waals surface area contributed by atoms with Gasteiger partial charge in [0.05, 0.1) is 33.6 Å². The Labute approximate surface area is 385 Å². The lowest BCUT2D eigenvalue weighted by Gasteiger charge is -2.42. The Hall–Kier alpha value is -6.06. The molecule has 0 saturated carbocycles. The van der Waals surface area contributed by atoms with Gasteiger partial charge >= 0.3 is 28.5 Å². The molecule has 0 aliphatic carbocycles. The van der Waals surface area contributed by atoms with Gasteiger partial charge in [0.15, 0.2) is 0 Å². The third-order valence-corrected chi connectivity index (χ3v) is 12.2. The van der Waals surface area contributed by atoms with E-state index in [9.17, 15) is 0 Å². The van der Waals surface area contributed by atoms with Crippen LogP contribution in [0.25, 0.3) is 0 Å². The van der Waals surface area contributed by atoms with Crippen molar-refractivity contribution in [1.82, 2.24) is 0 Å². The van der Waals surface area contributed by atoms with Crippen molar-refractivity contribution in [3.8, 4) is 0 Å². The predicted molar refractivity (Wildman–Crippen MR) is 262 cm³/mol. The molecule has 20 rings (SSSR count). The zero-order valence-electron chi connectivity index (χ0n) is 36.2. The van der Waals surface area contributed by atoms with Crippen LogP contribution in [0, 0.1) is 10.8 Å². The third kappa shape index (κ3) is 9.87. The van der Waals surface area contributed by atoms with Crippen molar-refractivity contribution in [2.45, 2.75) is 0 Å². The van der Waals surface area contributed by atoms with E-state index in [0.29, 0.717) is 52.9 Å². The van der Waals surface area contributed by atoms with E-state index in [2.05, 4.69) is 0 Å². The first-order chi connectivity index (χ1) is 32.5. The van der Waals surface area contributed by atoms with E-state index in [1.807, 2.05) is 170 Å². The maximum absolute atomic E-state index is 6.29. The zero-order chi connectivity index (χ0) is 44.2. The van der Waals surface area contributed by atoms with Crippen LogP contribution in [0.15, 0.2) is 166 Å². The van der Waals surface area contributed by atoms with Gasteiger partial charge in [-0.05, 0) is 92.6 Å². The second-order valence-electron chi connectivity index (χ2n) is 17.6. The summed E-state index contributed by atoms with van der Waals surface area (Å²) in [7, 11) is -2.01. The van der Waals surface area contributed by atoms with E-state index in [1.165, 1.54) is 0 Å². The highest BCUT2D eigenvalue weighted by atomic mass is 16.6. The van der Waals surface area contributed by atoms with Gasteiger partial charge in [0.25, 0.3) is 0 Å². The molecule has 324 valence electrons. The molecule has 0 amide bonds. The lowest BCUT2D eigenvalue weighted by atomic mass is 9.72. The van der Waals surface area contributed by atoms with E-state index < -0.39 is 39.3 Å². The minimum absolute atomic E-state index is 0.398. The molecule has 18 bridgehead atoms. The molecule has 0 atom stereocenters. The van der Waals surface area contributed by atoms with Crippen LogP contribution in [0.1, 0.15) is 22.3 Å². The summed E-state index contributed by atoms with van der Waals surface area (Å²) < 4.78 is 50.3. The van der Waals surface area contributed by atoms with Gasteiger partial charge < -0.3 is 37.2 Å². The molecule has 0 N–H and O–H groups in total. The molecule has 14 aliphatic rings. The second-order valence-corrected chi connectivity index (χ2v) is 17.6. The highest BCUT2D eigenvalue weighted by Gasteiger charge is 2.46. The third-order valence-electron chi connectivity index (χ3n) is 12.2. The summed E-state index contributed by atoms with van der Waals surface area (Å²) >= 11 is 0. The monoisotopic (exact) mass is 872 g/mol. The minimum Gasteiger partial charge on any atom is -0.406 e. The molecule has 2 spiro atoms. The molecule has 14 heterocycles. The molecule has 0 aromatic heterocycles. The smallest absolute Gasteiger partial charge is 0.406 e. The topological polar surface area (TPSA) is 123 Å². The molecule has 4 fully saturated rings. The van der Waals surface area contributed by atoms with Gasteiger partial charge in [-0.3, -0.25) is 20.0 Å². The van der Waals surface area contributed by atoms with Crippen LogP contribution in [0.5, 0.6) is 0 Å². The molecular weight excluding hydrogens is 828 g/mol. The van der Waals surface area contributed by atoms with Crippen molar-refractivity contribution in [1.29, 1.82) is 0 Å². The van der Waals surface area contributed by atoms with Gasteiger partial charge in [0, 0.05) is 77.7 Å². The van der Waals surface area contributed by atoms with Crippen LogP contribution >= 0.6 is 0 Å². The highest BCUT2D eigenvalue weighted by molar-refractivity contribution is 6.63. The van der Waals surface area contributed by atoms with Crippen molar-refractivity contribution in [2.75, 3.05) is 52.9 Å². The first-order valence-corrected chi connectivity index (χ1v) is 22.2. The average molecular weight is 872 g/mol. The zero-order valence-corrected chi connectivity index (χ0v) is 36.2. The molecule has 12 nitrogen and oxygen atoms in total. The van der Waals surface area contributed by atoms with Crippen LogP contribution in [-0.2, 0) is 37.2 Å². The number of rotatable bonds is 0. The van der Waals surface area contributed by atoms with E-state index in [4.69, 9.17) is 57.2 Å². The Morgan fingerprint density at radius 1 is 0.288 bits per heavy atom. The lowest BCUT2D eigenvalue weighted by Crippen LogP contribution is -2.58. The molecule has 14 aliphatic heterocycles. The number of aliphatic imine (C=N–C) groups is 4. The van der Waals surface area contributed by atoms with Crippen molar-refractivity contribution in [3.05, 3.63) is 168 Å². The Bertz CT molecular complexity index is 2390. The first kappa shape index (κ1) is 42.6. The molecule has 6 aromatic carbocycles. The maximum Gasteiger partial charge on any atom is 0.493 e. The number of benzene rings is 6. The lowest BCUT2D eigenvalue weighted by molar-refractivity contribution is -0.0789. The van der Waals surface area contributed by atoms with E-state index >= 15 is 0 Å². The van der Waals surface area contributed by atoms with Crippen LogP contribution in [0.4, 0.5) is 22.7 Å². The molecule has 16 heteroatoms. The van der Waals surface area contributed by atoms with Gasteiger partial charge in [-0.1, -0.05) is 97.1 Å². The average Bonchev–Trinajstić information content (AvgIpc) is 3.38. The maximum atomic E-state index is 6.29. The Balaban J connectivity index is 0.805. The number of nitrogens with zero attached hydrogens (tertiary/aromatic N) is 4. The summed E-state index contributed by atoms with van der Waals surface area (Å²) in [5.74, 6) is 0. The summed E-state index contributed by atoms with van der Waals surface area (Å²) in [6.45, 7) is 3.57. The summed E-state index contributed by atoms with van der Waals surface area (Å²) in [5.41, 5.74) is 9.88. The molecule has 0 radical (unpaired) electrons. The van der Waals surface area contributed by atoms with Gasteiger partial charge in [-0.2, -0.15) is 0 Å².